The highest BCUT2D eigenvalue weighted by atomic mass is 14.4. The maximum Gasteiger partial charge on any atom is -0.0334 e. The van der Waals surface area contributed by atoms with Crippen LogP contribution < -0.4 is 0 Å². The van der Waals surface area contributed by atoms with Crippen LogP contribution in [0.3, 0.4) is 0 Å². The normalized spacial score (nSPS) is 43.2. The standard InChI is InChI=1S/C13H24/c1-9-5-4-6-10(2)13(9)11(3)12-7-8-12/h9-13H,4-8H2,1-3H3. The van der Waals surface area contributed by atoms with Crippen molar-refractivity contribution in [3.05, 3.63) is 0 Å². The average molecular weight is 180 g/mol. The molecule has 0 heterocycles. The molecule has 0 aromatic heterocycles. The zero-order valence-electron chi connectivity index (χ0n) is 9.42. The number of rotatable bonds is 2. The fraction of sp³-hybridized carbons (Fsp3) is 1.00. The van der Waals surface area contributed by atoms with Gasteiger partial charge in [-0.3, -0.25) is 0 Å². The fourth-order valence-electron chi connectivity index (χ4n) is 3.68. The van der Waals surface area contributed by atoms with Gasteiger partial charge in [0, 0.05) is 0 Å². The quantitative estimate of drug-likeness (QED) is 0.600. The van der Waals surface area contributed by atoms with Crippen LogP contribution in [-0.4, -0.2) is 0 Å². The Morgan fingerprint density at radius 2 is 1.46 bits per heavy atom. The van der Waals surface area contributed by atoms with Crippen molar-refractivity contribution < 1.29 is 0 Å². The van der Waals surface area contributed by atoms with Gasteiger partial charge in [0.2, 0.25) is 0 Å². The van der Waals surface area contributed by atoms with Crippen molar-refractivity contribution >= 4 is 0 Å². The third-order valence-corrected chi connectivity index (χ3v) is 4.61. The molecule has 0 N–H and O–H groups in total. The van der Waals surface area contributed by atoms with Crippen LogP contribution in [0.25, 0.3) is 0 Å². The van der Waals surface area contributed by atoms with Gasteiger partial charge in [0.15, 0.2) is 0 Å². The number of hydrogen-bond acceptors (Lipinski definition) is 0. The Balaban J connectivity index is 1.99. The molecule has 13 heavy (non-hydrogen) atoms. The van der Waals surface area contributed by atoms with Crippen LogP contribution >= 0.6 is 0 Å². The van der Waals surface area contributed by atoms with Gasteiger partial charge in [-0.1, -0.05) is 40.0 Å². The lowest BCUT2D eigenvalue weighted by Gasteiger charge is -2.39. The first-order valence-electron chi connectivity index (χ1n) is 6.20. The molecule has 0 spiro atoms. The van der Waals surface area contributed by atoms with Crippen LogP contribution in [0.1, 0.15) is 52.9 Å². The van der Waals surface area contributed by atoms with Gasteiger partial charge in [-0.05, 0) is 42.4 Å². The molecule has 0 aromatic carbocycles. The van der Waals surface area contributed by atoms with Crippen molar-refractivity contribution in [2.75, 3.05) is 0 Å². The van der Waals surface area contributed by atoms with Crippen LogP contribution in [0.4, 0.5) is 0 Å². The summed E-state index contributed by atoms with van der Waals surface area (Å²) in [7, 11) is 0. The van der Waals surface area contributed by atoms with Crippen molar-refractivity contribution in [3.63, 3.8) is 0 Å². The molecule has 0 saturated heterocycles. The van der Waals surface area contributed by atoms with Gasteiger partial charge in [-0.25, -0.2) is 0 Å². The summed E-state index contributed by atoms with van der Waals surface area (Å²) < 4.78 is 0. The predicted molar refractivity (Wildman–Crippen MR) is 57.6 cm³/mol. The van der Waals surface area contributed by atoms with E-state index in [2.05, 4.69) is 20.8 Å². The summed E-state index contributed by atoms with van der Waals surface area (Å²) in [6.07, 6.45) is 7.52. The van der Waals surface area contributed by atoms with E-state index in [4.69, 9.17) is 0 Å². The largest absolute Gasteiger partial charge is 0.0622 e. The first-order valence-corrected chi connectivity index (χ1v) is 6.20. The van der Waals surface area contributed by atoms with Gasteiger partial charge < -0.3 is 0 Å². The highest BCUT2D eigenvalue weighted by Crippen LogP contribution is 2.48. The Kier molecular flexibility index (Phi) is 2.67. The van der Waals surface area contributed by atoms with Crippen molar-refractivity contribution in [3.8, 4) is 0 Å². The van der Waals surface area contributed by atoms with Crippen molar-refractivity contribution in [2.24, 2.45) is 29.6 Å². The van der Waals surface area contributed by atoms with E-state index in [0.717, 1.165) is 29.6 Å². The maximum absolute atomic E-state index is 2.51. The molecular formula is C13H24. The molecule has 0 aromatic rings. The zero-order chi connectivity index (χ0) is 9.42. The minimum absolute atomic E-state index is 0.999. The zero-order valence-corrected chi connectivity index (χ0v) is 9.42. The Morgan fingerprint density at radius 1 is 0.923 bits per heavy atom. The molecule has 0 radical (unpaired) electrons. The molecule has 2 saturated carbocycles. The third-order valence-electron chi connectivity index (χ3n) is 4.61. The smallest absolute Gasteiger partial charge is 0.0334 e. The van der Waals surface area contributed by atoms with Gasteiger partial charge >= 0.3 is 0 Å². The summed E-state index contributed by atoms with van der Waals surface area (Å²) in [5.74, 6) is 5.17. The molecule has 3 atom stereocenters. The Labute approximate surface area is 83.1 Å². The molecule has 0 amide bonds. The minimum Gasteiger partial charge on any atom is -0.0622 e. The van der Waals surface area contributed by atoms with Gasteiger partial charge in [-0.15, -0.1) is 0 Å². The molecule has 0 bridgehead atoms. The molecule has 2 fully saturated rings. The molecule has 2 rings (SSSR count). The lowest BCUT2D eigenvalue weighted by molar-refractivity contribution is 0.108. The van der Waals surface area contributed by atoms with Gasteiger partial charge in [0.05, 0.1) is 0 Å². The van der Waals surface area contributed by atoms with Gasteiger partial charge in [-0.2, -0.15) is 0 Å². The highest BCUT2D eigenvalue weighted by molar-refractivity contribution is 4.89. The second-order valence-electron chi connectivity index (χ2n) is 5.66. The summed E-state index contributed by atoms with van der Waals surface area (Å²) in [5.41, 5.74) is 0. The van der Waals surface area contributed by atoms with Crippen molar-refractivity contribution in [2.45, 2.75) is 52.9 Å². The first kappa shape index (κ1) is 9.55. The topological polar surface area (TPSA) is 0 Å². The lowest BCUT2D eigenvalue weighted by atomic mass is 9.67. The van der Waals surface area contributed by atoms with Crippen molar-refractivity contribution in [1.82, 2.24) is 0 Å². The molecule has 0 aliphatic heterocycles. The summed E-state index contributed by atoms with van der Waals surface area (Å²) in [5, 5.41) is 0. The molecule has 0 nitrogen and oxygen atoms in total. The Bertz CT molecular complexity index is 159. The average Bonchev–Trinajstić information content (AvgIpc) is 2.85. The summed E-state index contributed by atoms with van der Waals surface area (Å²) >= 11 is 0. The SMILES string of the molecule is CC1CCCC(C)C1C(C)C1CC1. The summed E-state index contributed by atoms with van der Waals surface area (Å²) in [4.78, 5) is 0. The second kappa shape index (κ2) is 3.63. The molecule has 76 valence electrons. The van der Waals surface area contributed by atoms with Crippen LogP contribution in [0.2, 0.25) is 0 Å². The second-order valence-corrected chi connectivity index (χ2v) is 5.66. The van der Waals surface area contributed by atoms with Crippen LogP contribution in [0, 0.1) is 29.6 Å². The molecule has 0 heteroatoms. The molecule has 2 aliphatic rings. The Morgan fingerprint density at radius 3 is 1.92 bits per heavy atom. The summed E-state index contributed by atoms with van der Waals surface area (Å²) in [6, 6.07) is 0. The molecular weight excluding hydrogens is 156 g/mol. The van der Waals surface area contributed by atoms with E-state index in [1.165, 1.54) is 32.1 Å². The lowest BCUT2D eigenvalue weighted by Crippen LogP contribution is -2.31. The van der Waals surface area contributed by atoms with Crippen LogP contribution in [-0.2, 0) is 0 Å². The van der Waals surface area contributed by atoms with Crippen molar-refractivity contribution in [1.29, 1.82) is 0 Å². The minimum atomic E-state index is 0.999. The van der Waals surface area contributed by atoms with Gasteiger partial charge in [0.25, 0.3) is 0 Å². The van der Waals surface area contributed by atoms with E-state index in [0.29, 0.717) is 0 Å². The number of hydrogen-bond donors (Lipinski definition) is 0. The molecule has 2 aliphatic carbocycles. The van der Waals surface area contributed by atoms with E-state index >= 15 is 0 Å². The predicted octanol–water partition coefficient (Wildman–Crippen LogP) is 4.10. The third kappa shape index (κ3) is 1.92. The maximum atomic E-state index is 2.51. The van der Waals surface area contributed by atoms with E-state index in [9.17, 15) is 0 Å². The highest BCUT2D eigenvalue weighted by Gasteiger charge is 2.39. The van der Waals surface area contributed by atoms with E-state index in [1.807, 2.05) is 0 Å². The van der Waals surface area contributed by atoms with E-state index < -0.39 is 0 Å². The summed E-state index contributed by atoms with van der Waals surface area (Å²) in [6.45, 7) is 7.49. The van der Waals surface area contributed by atoms with Gasteiger partial charge in [0.1, 0.15) is 0 Å². The van der Waals surface area contributed by atoms with Crippen LogP contribution in [0.15, 0.2) is 0 Å². The first-order chi connectivity index (χ1) is 6.20. The van der Waals surface area contributed by atoms with E-state index in [-0.39, 0.29) is 0 Å². The van der Waals surface area contributed by atoms with E-state index in [1.54, 1.807) is 0 Å². The fourth-order valence-corrected chi connectivity index (χ4v) is 3.68. The monoisotopic (exact) mass is 180 g/mol. The molecule has 3 unspecified atom stereocenters. The van der Waals surface area contributed by atoms with Crippen LogP contribution in [0.5, 0.6) is 0 Å². The Hall–Kier alpha value is 0.